The van der Waals surface area contributed by atoms with Crippen molar-refractivity contribution in [2.75, 3.05) is 39.4 Å². The molecule has 0 spiro atoms. The Labute approximate surface area is 131 Å². The first-order valence-corrected chi connectivity index (χ1v) is 8.52. The van der Waals surface area contributed by atoms with E-state index in [1.54, 1.807) is 21.3 Å². The lowest BCUT2D eigenvalue weighted by Crippen LogP contribution is -2.25. The third kappa shape index (κ3) is 4.20. The molecule has 1 N–H and O–H groups in total. The summed E-state index contributed by atoms with van der Waals surface area (Å²) in [5.41, 5.74) is 1.10. The molecule has 5 heteroatoms. The molecule has 0 aliphatic carbocycles. The summed E-state index contributed by atoms with van der Waals surface area (Å²) in [5, 5.41) is 3.55. The zero-order valence-corrected chi connectivity index (χ0v) is 13.9. The summed E-state index contributed by atoms with van der Waals surface area (Å²) < 4.78 is 16.2. The summed E-state index contributed by atoms with van der Waals surface area (Å²) in [6, 6.07) is 3.96. The molecule has 118 valence electrons. The summed E-state index contributed by atoms with van der Waals surface area (Å²) in [4.78, 5) is 0. The van der Waals surface area contributed by atoms with Crippen molar-refractivity contribution in [3.8, 4) is 17.2 Å². The summed E-state index contributed by atoms with van der Waals surface area (Å²) in [6.45, 7) is 1.85. The second-order valence-electron chi connectivity index (χ2n) is 5.18. The standard InChI is InChI=1S/C16H25NO3S/c1-18-14-5-4-13(15(19-2)16(14)20-3)11-17-10-12-6-8-21-9-7-12/h4-5,12,17H,6-11H2,1-3H3. The minimum absolute atomic E-state index is 0.661. The van der Waals surface area contributed by atoms with Crippen LogP contribution in [0.15, 0.2) is 12.1 Å². The largest absolute Gasteiger partial charge is 0.493 e. The number of hydrogen-bond acceptors (Lipinski definition) is 5. The van der Waals surface area contributed by atoms with Gasteiger partial charge in [0.25, 0.3) is 0 Å². The number of hydrogen-bond donors (Lipinski definition) is 1. The lowest BCUT2D eigenvalue weighted by molar-refractivity contribution is 0.321. The minimum atomic E-state index is 0.661. The van der Waals surface area contributed by atoms with Crippen LogP contribution >= 0.6 is 11.8 Å². The fourth-order valence-corrected chi connectivity index (χ4v) is 3.87. The molecule has 1 heterocycles. The van der Waals surface area contributed by atoms with Crippen LogP contribution in [0.2, 0.25) is 0 Å². The maximum atomic E-state index is 5.50. The third-order valence-corrected chi connectivity index (χ3v) is 4.92. The minimum Gasteiger partial charge on any atom is -0.493 e. The van der Waals surface area contributed by atoms with Crippen molar-refractivity contribution in [2.45, 2.75) is 19.4 Å². The third-order valence-electron chi connectivity index (χ3n) is 3.88. The van der Waals surface area contributed by atoms with E-state index in [1.807, 2.05) is 12.1 Å². The Morgan fingerprint density at radius 1 is 1.05 bits per heavy atom. The lowest BCUT2D eigenvalue weighted by atomic mass is 10.0. The highest BCUT2D eigenvalue weighted by Crippen LogP contribution is 2.39. The second kappa shape index (κ2) is 8.39. The van der Waals surface area contributed by atoms with Crippen molar-refractivity contribution in [3.05, 3.63) is 17.7 Å². The normalized spacial score (nSPS) is 15.8. The molecule has 1 saturated heterocycles. The summed E-state index contributed by atoms with van der Waals surface area (Å²) >= 11 is 2.07. The second-order valence-corrected chi connectivity index (χ2v) is 6.40. The molecule has 1 aliphatic heterocycles. The molecule has 1 aliphatic rings. The predicted molar refractivity (Wildman–Crippen MR) is 87.9 cm³/mol. The van der Waals surface area contributed by atoms with Crippen molar-refractivity contribution < 1.29 is 14.2 Å². The first-order chi connectivity index (χ1) is 10.3. The van der Waals surface area contributed by atoms with E-state index in [9.17, 15) is 0 Å². The highest BCUT2D eigenvalue weighted by Gasteiger charge is 2.17. The van der Waals surface area contributed by atoms with Gasteiger partial charge in [-0.3, -0.25) is 0 Å². The molecule has 1 aromatic carbocycles. The van der Waals surface area contributed by atoms with Crippen molar-refractivity contribution >= 4 is 11.8 Å². The molecule has 1 fully saturated rings. The quantitative estimate of drug-likeness (QED) is 0.838. The fourth-order valence-electron chi connectivity index (χ4n) is 2.66. The van der Waals surface area contributed by atoms with Crippen molar-refractivity contribution in [3.63, 3.8) is 0 Å². The number of rotatable bonds is 7. The summed E-state index contributed by atoms with van der Waals surface area (Å²) in [5.74, 6) is 5.51. The van der Waals surface area contributed by atoms with Gasteiger partial charge in [0.05, 0.1) is 21.3 Å². The Morgan fingerprint density at radius 2 is 1.76 bits per heavy atom. The van der Waals surface area contributed by atoms with Crippen LogP contribution < -0.4 is 19.5 Å². The predicted octanol–water partition coefficient (Wildman–Crippen LogP) is 2.95. The Morgan fingerprint density at radius 3 is 2.38 bits per heavy atom. The molecule has 0 aromatic heterocycles. The van der Waals surface area contributed by atoms with Crippen LogP contribution in [-0.4, -0.2) is 39.4 Å². The molecular formula is C16H25NO3S. The SMILES string of the molecule is COc1ccc(CNCC2CCSCC2)c(OC)c1OC. The molecular weight excluding hydrogens is 286 g/mol. The molecule has 0 saturated carbocycles. The molecule has 0 atom stereocenters. The van der Waals surface area contributed by atoms with E-state index in [0.717, 1.165) is 30.3 Å². The molecule has 0 unspecified atom stereocenters. The van der Waals surface area contributed by atoms with Gasteiger partial charge in [0, 0.05) is 12.1 Å². The topological polar surface area (TPSA) is 39.7 Å². The van der Waals surface area contributed by atoms with Crippen LogP contribution in [0.25, 0.3) is 0 Å². The zero-order chi connectivity index (χ0) is 15.1. The first-order valence-electron chi connectivity index (χ1n) is 7.36. The van der Waals surface area contributed by atoms with Gasteiger partial charge in [-0.05, 0) is 42.9 Å². The maximum absolute atomic E-state index is 5.50. The van der Waals surface area contributed by atoms with Crippen LogP contribution in [-0.2, 0) is 6.54 Å². The highest BCUT2D eigenvalue weighted by molar-refractivity contribution is 7.99. The van der Waals surface area contributed by atoms with Crippen LogP contribution in [0.4, 0.5) is 0 Å². The maximum Gasteiger partial charge on any atom is 0.203 e. The smallest absolute Gasteiger partial charge is 0.203 e. The van der Waals surface area contributed by atoms with Gasteiger partial charge in [0.15, 0.2) is 11.5 Å². The van der Waals surface area contributed by atoms with Gasteiger partial charge < -0.3 is 19.5 Å². The van der Waals surface area contributed by atoms with E-state index in [0.29, 0.717) is 11.5 Å². The van der Waals surface area contributed by atoms with Crippen LogP contribution in [0.3, 0.4) is 0 Å². The van der Waals surface area contributed by atoms with Crippen LogP contribution in [0.1, 0.15) is 18.4 Å². The number of thioether (sulfide) groups is 1. The summed E-state index contributed by atoms with van der Waals surface area (Å²) in [7, 11) is 4.94. The van der Waals surface area contributed by atoms with E-state index < -0.39 is 0 Å². The van der Waals surface area contributed by atoms with Crippen molar-refractivity contribution in [1.82, 2.24) is 5.32 Å². The van der Waals surface area contributed by atoms with E-state index in [2.05, 4.69) is 17.1 Å². The van der Waals surface area contributed by atoms with Gasteiger partial charge >= 0.3 is 0 Å². The van der Waals surface area contributed by atoms with Crippen molar-refractivity contribution in [1.29, 1.82) is 0 Å². The Balaban J connectivity index is 1.98. The number of nitrogens with one attached hydrogen (secondary N) is 1. The monoisotopic (exact) mass is 311 g/mol. The van der Waals surface area contributed by atoms with E-state index >= 15 is 0 Å². The average molecular weight is 311 g/mol. The Bertz CT molecular complexity index is 447. The molecule has 0 amide bonds. The van der Waals surface area contributed by atoms with Crippen LogP contribution in [0, 0.1) is 5.92 Å². The number of benzene rings is 1. The lowest BCUT2D eigenvalue weighted by Gasteiger charge is -2.22. The fraction of sp³-hybridized carbons (Fsp3) is 0.625. The average Bonchev–Trinajstić information content (AvgIpc) is 2.55. The first kappa shape index (κ1) is 16.3. The van der Waals surface area contributed by atoms with Crippen molar-refractivity contribution in [2.24, 2.45) is 5.92 Å². The molecule has 4 nitrogen and oxygen atoms in total. The summed E-state index contributed by atoms with van der Waals surface area (Å²) in [6.07, 6.45) is 2.64. The molecule has 0 radical (unpaired) electrons. The Kier molecular flexibility index (Phi) is 6.51. The number of methoxy groups -OCH3 is 3. The zero-order valence-electron chi connectivity index (χ0n) is 13.1. The van der Waals surface area contributed by atoms with E-state index in [1.165, 1.54) is 24.3 Å². The van der Waals surface area contributed by atoms with Gasteiger partial charge in [-0.1, -0.05) is 6.07 Å². The van der Waals surface area contributed by atoms with Gasteiger partial charge in [-0.2, -0.15) is 11.8 Å². The highest BCUT2D eigenvalue weighted by atomic mass is 32.2. The molecule has 21 heavy (non-hydrogen) atoms. The molecule has 0 bridgehead atoms. The molecule has 2 rings (SSSR count). The van der Waals surface area contributed by atoms with Gasteiger partial charge in [-0.25, -0.2) is 0 Å². The van der Waals surface area contributed by atoms with E-state index in [-0.39, 0.29) is 0 Å². The van der Waals surface area contributed by atoms with Crippen LogP contribution in [0.5, 0.6) is 17.2 Å². The number of ether oxygens (including phenoxy) is 3. The van der Waals surface area contributed by atoms with E-state index in [4.69, 9.17) is 14.2 Å². The molecule has 1 aromatic rings. The Hall–Kier alpha value is -1.07. The van der Waals surface area contributed by atoms with Gasteiger partial charge in [-0.15, -0.1) is 0 Å². The van der Waals surface area contributed by atoms with Gasteiger partial charge in [0.2, 0.25) is 5.75 Å². The van der Waals surface area contributed by atoms with Gasteiger partial charge in [0.1, 0.15) is 0 Å².